The Labute approximate surface area is 140 Å². The second-order valence-electron chi connectivity index (χ2n) is 5.90. The average Bonchev–Trinajstić information content (AvgIpc) is 3.23. The van der Waals surface area contributed by atoms with E-state index < -0.39 is 0 Å². The Morgan fingerprint density at radius 2 is 2.39 bits per heavy atom. The van der Waals surface area contributed by atoms with Crippen LogP contribution in [0.3, 0.4) is 0 Å². The highest BCUT2D eigenvalue weighted by atomic mass is 32.1. The lowest BCUT2D eigenvalue weighted by Gasteiger charge is -2.10. The van der Waals surface area contributed by atoms with Gasteiger partial charge in [0, 0.05) is 30.5 Å². The number of aromatic nitrogens is 1. The summed E-state index contributed by atoms with van der Waals surface area (Å²) < 4.78 is 5.55. The molecule has 2 heterocycles. The van der Waals surface area contributed by atoms with Crippen molar-refractivity contribution in [1.29, 1.82) is 0 Å². The molecule has 2 aromatic rings. The summed E-state index contributed by atoms with van der Waals surface area (Å²) in [6, 6.07) is 8.19. The van der Waals surface area contributed by atoms with Crippen LogP contribution < -0.4 is 5.32 Å². The number of hydrogen-bond donors (Lipinski definition) is 1. The summed E-state index contributed by atoms with van der Waals surface area (Å²) in [6.45, 7) is 3.41. The number of benzene rings is 1. The number of hydrogen-bond acceptors (Lipinski definition) is 4. The summed E-state index contributed by atoms with van der Waals surface area (Å²) in [7, 11) is 0. The topological polar surface area (TPSA) is 51.2 Å². The van der Waals surface area contributed by atoms with E-state index in [1.807, 2.05) is 19.1 Å². The fourth-order valence-electron chi connectivity index (χ4n) is 2.79. The van der Waals surface area contributed by atoms with E-state index in [0.717, 1.165) is 47.7 Å². The molecule has 1 N–H and O–H groups in total. The first-order valence-electron chi connectivity index (χ1n) is 8.10. The van der Waals surface area contributed by atoms with Crippen LogP contribution >= 0.6 is 11.3 Å². The highest BCUT2D eigenvalue weighted by Gasteiger charge is 2.16. The molecule has 1 aromatic carbocycles. The Bertz CT molecular complexity index is 663. The highest BCUT2D eigenvalue weighted by Crippen LogP contribution is 2.22. The zero-order valence-electron chi connectivity index (χ0n) is 13.4. The van der Waals surface area contributed by atoms with E-state index in [2.05, 4.69) is 27.8 Å². The Hall–Kier alpha value is -1.72. The molecule has 0 aliphatic carbocycles. The lowest BCUT2D eigenvalue weighted by Crippen LogP contribution is -2.23. The van der Waals surface area contributed by atoms with Crippen molar-refractivity contribution in [2.45, 2.75) is 45.3 Å². The van der Waals surface area contributed by atoms with Gasteiger partial charge in [0.15, 0.2) is 0 Å². The minimum Gasteiger partial charge on any atom is -0.378 e. The summed E-state index contributed by atoms with van der Waals surface area (Å²) in [5.41, 5.74) is 3.19. The molecule has 23 heavy (non-hydrogen) atoms. The second kappa shape index (κ2) is 7.70. The Kier molecular flexibility index (Phi) is 5.41. The van der Waals surface area contributed by atoms with Crippen molar-refractivity contribution in [1.82, 2.24) is 10.3 Å². The molecule has 122 valence electrons. The van der Waals surface area contributed by atoms with Crippen LogP contribution in [0.15, 0.2) is 29.6 Å². The van der Waals surface area contributed by atoms with Gasteiger partial charge in [0.1, 0.15) is 0 Å². The molecule has 1 atom stereocenters. The predicted octanol–water partition coefficient (Wildman–Crippen LogP) is 3.69. The first kappa shape index (κ1) is 16.1. The Morgan fingerprint density at radius 1 is 1.48 bits per heavy atom. The molecule has 0 saturated carbocycles. The van der Waals surface area contributed by atoms with Crippen LogP contribution in [0.4, 0.5) is 0 Å². The van der Waals surface area contributed by atoms with Gasteiger partial charge in [-0.25, -0.2) is 4.98 Å². The summed E-state index contributed by atoms with van der Waals surface area (Å²) in [6.07, 6.45) is 3.84. The summed E-state index contributed by atoms with van der Waals surface area (Å²) >= 11 is 1.65. The number of nitrogens with one attached hydrogen (secondary N) is 1. The second-order valence-corrected chi connectivity index (χ2v) is 6.96. The van der Waals surface area contributed by atoms with Crippen molar-refractivity contribution in [3.05, 3.63) is 40.2 Å². The maximum absolute atomic E-state index is 12.0. The van der Waals surface area contributed by atoms with E-state index in [9.17, 15) is 4.79 Å². The molecule has 3 rings (SSSR count). The standard InChI is InChI=1S/C18H22N2O2S/c1-13-20-17(12-23-13)15-5-2-4-14(10-15)11-19-18(21)8-7-16-6-3-9-22-16/h2,4-5,10,12,16H,3,6-9,11H2,1H3,(H,19,21)/t16-/m1/s1. The van der Waals surface area contributed by atoms with Crippen molar-refractivity contribution < 1.29 is 9.53 Å². The van der Waals surface area contributed by atoms with Crippen molar-refractivity contribution in [3.63, 3.8) is 0 Å². The number of rotatable bonds is 6. The number of carbonyl (C=O) groups excluding carboxylic acids is 1. The van der Waals surface area contributed by atoms with E-state index in [4.69, 9.17) is 4.74 Å². The molecular weight excluding hydrogens is 308 g/mol. The average molecular weight is 330 g/mol. The van der Waals surface area contributed by atoms with Crippen molar-refractivity contribution in [3.8, 4) is 11.3 Å². The van der Waals surface area contributed by atoms with E-state index in [0.29, 0.717) is 13.0 Å². The molecule has 1 fully saturated rings. The van der Waals surface area contributed by atoms with E-state index in [1.165, 1.54) is 0 Å². The van der Waals surface area contributed by atoms with Crippen LogP contribution in [-0.4, -0.2) is 23.6 Å². The van der Waals surface area contributed by atoms with E-state index in [1.54, 1.807) is 11.3 Å². The molecule has 1 aliphatic heterocycles. The van der Waals surface area contributed by atoms with Gasteiger partial charge in [0.25, 0.3) is 0 Å². The van der Waals surface area contributed by atoms with Crippen molar-refractivity contribution in [2.75, 3.05) is 6.61 Å². The third-order valence-corrected chi connectivity index (χ3v) is 4.82. The third kappa shape index (κ3) is 4.62. The van der Waals surface area contributed by atoms with Crippen LogP contribution in [0.2, 0.25) is 0 Å². The minimum absolute atomic E-state index is 0.0930. The lowest BCUT2D eigenvalue weighted by atomic mass is 10.1. The van der Waals surface area contributed by atoms with Gasteiger partial charge >= 0.3 is 0 Å². The lowest BCUT2D eigenvalue weighted by molar-refractivity contribution is -0.121. The first-order valence-corrected chi connectivity index (χ1v) is 8.98. The largest absolute Gasteiger partial charge is 0.378 e. The molecule has 1 aromatic heterocycles. The van der Waals surface area contributed by atoms with Gasteiger partial charge in [-0.05, 0) is 37.8 Å². The molecule has 1 amide bonds. The number of ether oxygens (including phenoxy) is 1. The molecule has 0 spiro atoms. The smallest absolute Gasteiger partial charge is 0.220 e. The van der Waals surface area contributed by atoms with Gasteiger partial charge in [-0.3, -0.25) is 4.79 Å². The highest BCUT2D eigenvalue weighted by molar-refractivity contribution is 7.09. The number of amides is 1. The van der Waals surface area contributed by atoms with Crippen molar-refractivity contribution in [2.24, 2.45) is 0 Å². The van der Waals surface area contributed by atoms with Gasteiger partial charge < -0.3 is 10.1 Å². The maximum atomic E-state index is 12.0. The molecule has 5 heteroatoms. The van der Waals surface area contributed by atoms with Crippen LogP contribution in [0.25, 0.3) is 11.3 Å². The van der Waals surface area contributed by atoms with Gasteiger partial charge in [0.2, 0.25) is 5.91 Å². The normalized spacial score (nSPS) is 17.3. The fourth-order valence-corrected chi connectivity index (χ4v) is 3.41. The molecule has 0 unspecified atom stereocenters. The molecule has 4 nitrogen and oxygen atoms in total. The van der Waals surface area contributed by atoms with Crippen LogP contribution in [0.5, 0.6) is 0 Å². The monoisotopic (exact) mass is 330 g/mol. The Balaban J connectivity index is 1.50. The van der Waals surface area contributed by atoms with Gasteiger partial charge in [-0.15, -0.1) is 11.3 Å². The van der Waals surface area contributed by atoms with Crippen LogP contribution in [0, 0.1) is 6.92 Å². The number of carbonyl (C=O) groups is 1. The SMILES string of the molecule is Cc1nc(-c2cccc(CNC(=O)CC[C@H]3CCCO3)c2)cs1. The molecule has 1 saturated heterocycles. The molecular formula is C18H22N2O2S. The predicted molar refractivity (Wildman–Crippen MR) is 92.3 cm³/mol. The summed E-state index contributed by atoms with van der Waals surface area (Å²) in [4.78, 5) is 16.5. The van der Waals surface area contributed by atoms with Crippen LogP contribution in [-0.2, 0) is 16.1 Å². The molecule has 0 radical (unpaired) electrons. The first-order chi connectivity index (χ1) is 11.2. The number of nitrogens with zero attached hydrogens (tertiary/aromatic N) is 1. The van der Waals surface area contributed by atoms with Gasteiger partial charge in [-0.2, -0.15) is 0 Å². The van der Waals surface area contributed by atoms with Gasteiger partial charge in [-0.1, -0.05) is 18.2 Å². The zero-order valence-corrected chi connectivity index (χ0v) is 14.2. The fraction of sp³-hybridized carbons (Fsp3) is 0.444. The summed E-state index contributed by atoms with van der Waals surface area (Å²) in [5.74, 6) is 0.0930. The number of aryl methyl sites for hydroxylation is 1. The summed E-state index contributed by atoms with van der Waals surface area (Å²) in [5, 5.41) is 6.12. The Morgan fingerprint density at radius 3 is 3.13 bits per heavy atom. The quantitative estimate of drug-likeness (QED) is 0.879. The number of thiazole rings is 1. The zero-order chi connectivity index (χ0) is 16.1. The van der Waals surface area contributed by atoms with Crippen LogP contribution in [0.1, 0.15) is 36.3 Å². The van der Waals surface area contributed by atoms with Gasteiger partial charge in [0.05, 0.1) is 16.8 Å². The maximum Gasteiger partial charge on any atom is 0.220 e. The van der Waals surface area contributed by atoms with E-state index in [-0.39, 0.29) is 12.0 Å². The van der Waals surface area contributed by atoms with Crippen molar-refractivity contribution >= 4 is 17.2 Å². The third-order valence-electron chi connectivity index (χ3n) is 4.05. The molecule has 1 aliphatic rings. The molecule has 0 bridgehead atoms. The minimum atomic E-state index is 0.0930. The van der Waals surface area contributed by atoms with E-state index >= 15 is 0 Å².